The first kappa shape index (κ1) is 12.1. The van der Waals surface area contributed by atoms with Crippen molar-refractivity contribution in [2.24, 2.45) is 5.41 Å². The Morgan fingerprint density at radius 1 is 1.54 bits per heavy atom. The first-order valence-corrected chi connectivity index (χ1v) is 5.07. The number of aldehydes is 1. The van der Waals surface area contributed by atoms with E-state index < -0.39 is 27.8 Å². The van der Waals surface area contributed by atoms with E-state index in [-0.39, 0.29) is 12.8 Å². The summed E-state index contributed by atoms with van der Waals surface area (Å²) in [4.78, 5) is 20.7. The minimum Gasteiger partial charge on any atom is -0.481 e. The lowest BCUT2D eigenvalue weighted by atomic mass is 9.88. The Bertz CT molecular complexity index is 262. The molecule has 0 fully saturated rings. The quantitative estimate of drug-likeness (QED) is 0.461. The van der Waals surface area contributed by atoms with E-state index >= 15 is 0 Å². The molecule has 0 heterocycles. The minimum atomic E-state index is -2.73. The zero-order valence-corrected chi connectivity index (χ0v) is 8.12. The molecule has 76 valence electrons. The fourth-order valence-corrected chi connectivity index (χ4v) is 1.78. The number of carboxylic acid groups (broad SMARTS) is 1. The highest BCUT2D eigenvalue weighted by Gasteiger charge is 2.33. The van der Waals surface area contributed by atoms with Gasteiger partial charge in [0, 0.05) is 6.42 Å². The molecular formula is C7H12O5S. The molecule has 0 aliphatic rings. The first-order valence-electron chi connectivity index (χ1n) is 3.71. The fourth-order valence-electron chi connectivity index (χ4n) is 0.916. The van der Waals surface area contributed by atoms with Gasteiger partial charge in [0.1, 0.15) is 17.0 Å². The number of carbonyl (C=O) groups is 2. The van der Waals surface area contributed by atoms with Gasteiger partial charge in [-0.05, 0) is 13.3 Å². The van der Waals surface area contributed by atoms with Crippen LogP contribution in [0, 0.1) is 5.41 Å². The summed E-state index contributed by atoms with van der Waals surface area (Å²) < 4.78 is 20.7. The van der Waals surface area contributed by atoms with E-state index in [0.717, 1.165) is 0 Å². The van der Waals surface area contributed by atoms with E-state index in [0.29, 0.717) is 6.29 Å². The fraction of sp³-hybridized carbons (Fsp3) is 0.714. The van der Waals surface area contributed by atoms with Gasteiger partial charge in [0.2, 0.25) is 0 Å². The average Bonchev–Trinajstić information content (AvgIpc) is 1.99. The van der Waals surface area contributed by atoms with Crippen molar-refractivity contribution >= 4 is 23.0 Å². The number of rotatable bonds is 6. The van der Waals surface area contributed by atoms with E-state index in [4.69, 9.17) is 5.11 Å². The molecule has 0 aromatic heterocycles. The smallest absolute Gasteiger partial charge is 0.310 e. The van der Waals surface area contributed by atoms with Crippen molar-refractivity contribution in [2.75, 3.05) is 5.75 Å². The molecule has 1 atom stereocenters. The highest BCUT2D eigenvalue weighted by molar-refractivity contribution is 7.72. The monoisotopic (exact) mass is 208 g/mol. The number of hydrogen-bond acceptors (Lipinski definition) is 4. The van der Waals surface area contributed by atoms with Crippen LogP contribution in [0.4, 0.5) is 0 Å². The van der Waals surface area contributed by atoms with Crippen LogP contribution in [0.3, 0.4) is 0 Å². The molecule has 0 rings (SSSR count). The molecule has 0 aliphatic heterocycles. The Hall–Kier alpha value is -0.910. The highest BCUT2D eigenvalue weighted by Crippen LogP contribution is 2.23. The van der Waals surface area contributed by atoms with Crippen molar-refractivity contribution in [3.63, 3.8) is 0 Å². The lowest BCUT2D eigenvalue weighted by Gasteiger charge is -2.20. The average molecular weight is 208 g/mol. The Balaban J connectivity index is 4.51. The summed E-state index contributed by atoms with van der Waals surface area (Å²) in [6, 6.07) is 0. The predicted molar refractivity (Wildman–Crippen MR) is 46.2 cm³/mol. The number of thiol groups is 1. The van der Waals surface area contributed by atoms with Gasteiger partial charge in [-0.2, -0.15) is 0 Å². The summed E-state index contributed by atoms with van der Waals surface area (Å²) in [5.74, 6) is -1.61. The van der Waals surface area contributed by atoms with E-state index in [1.807, 2.05) is 0 Å². The third-order valence-corrected chi connectivity index (χ3v) is 2.76. The maximum atomic E-state index is 10.7. The molecule has 0 aromatic carbocycles. The number of carbonyl (C=O) groups excluding carboxylic acids is 1. The molecule has 0 saturated carbocycles. The summed E-state index contributed by atoms with van der Waals surface area (Å²) in [7, 11) is -2.73. The molecule has 0 aliphatic carbocycles. The summed E-state index contributed by atoms with van der Waals surface area (Å²) in [5.41, 5.74) is -1.34. The van der Waals surface area contributed by atoms with E-state index in [1.54, 1.807) is 0 Å². The van der Waals surface area contributed by atoms with Crippen LogP contribution in [-0.2, 0) is 20.3 Å². The predicted octanol–water partition coefficient (Wildman–Crippen LogP) is -0.332. The summed E-state index contributed by atoms with van der Waals surface area (Å²) in [6.07, 6.45) is 0.695. The van der Waals surface area contributed by atoms with Crippen LogP contribution in [0.5, 0.6) is 0 Å². The van der Waals surface area contributed by atoms with Crippen LogP contribution in [0.25, 0.3) is 0 Å². The zero-order chi connectivity index (χ0) is 10.5. The van der Waals surface area contributed by atoms with Gasteiger partial charge in [0.15, 0.2) is 0 Å². The Labute approximate surface area is 77.7 Å². The number of carboxylic acids is 1. The molecule has 13 heavy (non-hydrogen) atoms. The zero-order valence-electron chi connectivity index (χ0n) is 7.23. The highest BCUT2D eigenvalue weighted by atomic mass is 32.2. The van der Waals surface area contributed by atoms with Crippen molar-refractivity contribution in [3.05, 3.63) is 0 Å². The van der Waals surface area contributed by atoms with Gasteiger partial charge in [-0.3, -0.25) is 4.79 Å². The van der Waals surface area contributed by atoms with Crippen LogP contribution in [-0.4, -0.2) is 31.5 Å². The molecule has 0 unspecified atom stereocenters. The van der Waals surface area contributed by atoms with Gasteiger partial charge in [-0.15, -0.1) is 0 Å². The number of aliphatic carboxylic acids is 1. The van der Waals surface area contributed by atoms with Crippen LogP contribution in [0.2, 0.25) is 0 Å². The SMILES string of the molecule is C[C@](CCC=O)(C[SH](=O)=O)C(=O)O. The summed E-state index contributed by atoms with van der Waals surface area (Å²) >= 11 is 0. The molecule has 5 nitrogen and oxygen atoms in total. The third-order valence-electron chi connectivity index (χ3n) is 1.81. The van der Waals surface area contributed by atoms with Crippen molar-refractivity contribution in [3.8, 4) is 0 Å². The van der Waals surface area contributed by atoms with E-state index in [1.165, 1.54) is 6.92 Å². The Kier molecular flexibility index (Phi) is 4.61. The normalized spacial score (nSPS) is 15.2. The molecular weight excluding hydrogens is 196 g/mol. The maximum Gasteiger partial charge on any atom is 0.310 e. The molecule has 0 bridgehead atoms. The second-order valence-electron chi connectivity index (χ2n) is 3.06. The third kappa shape index (κ3) is 4.02. The van der Waals surface area contributed by atoms with Gasteiger partial charge in [0.05, 0.1) is 11.2 Å². The standard InChI is InChI=1S/C7H12O5S/c1-7(6(9)10,3-2-4-8)5-13(11)12/h4,13H,2-3,5H2,1H3,(H,9,10)/t7-/m0/s1. The van der Waals surface area contributed by atoms with E-state index in [2.05, 4.69) is 0 Å². The lowest BCUT2D eigenvalue weighted by molar-refractivity contribution is -0.147. The van der Waals surface area contributed by atoms with Crippen LogP contribution in [0.15, 0.2) is 0 Å². The molecule has 0 aromatic rings. The Morgan fingerprint density at radius 2 is 2.08 bits per heavy atom. The lowest BCUT2D eigenvalue weighted by Crippen LogP contribution is -2.32. The topological polar surface area (TPSA) is 88.5 Å². The van der Waals surface area contributed by atoms with Gasteiger partial charge in [0.25, 0.3) is 0 Å². The second-order valence-corrected chi connectivity index (χ2v) is 4.04. The van der Waals surface area contributed by atoms with Crippen molar-refractivity contribution in [2.45, 2.75) is 19.8 Å². The summed E-state index contributed by atoms with van der Waals surface area (Å²) in [5, 5.41) is 8.72. The largest absolute Gasteiger partial charge is 0.481 e. The van der Waals surface area contributed by atoms with Crippen LogP contribution in [0.1, 0.15) is 19.8 Å². The molecule has 0 radical (unpaired) electrons. The number of hydrogen-bond donors (Lipinski definition) is 2. The van der Waals surface area contributed by atoms with Gasteiger partial charge < -0.3 is 9.90 Å². The van der Waals surface area contributed by atoms with E-state index in [9.17, 15) is 18.0 Å². The minimum absolute atomic E-state index is 0.0507. The van der Waals surface area contributed by atoms with Crippen molar-refractivity contribution in [1.29, 1.82) is 0 Å². The second kappa shape index (κ2) is 4.96. The van der Waals surface area contributed by atoms with Gasteiger partial charge in [-0.25, -0.2) is 8.42 Å². The molecule has 0 amide bonds. The summed E-state index contributed by atoms with van der Waals surface area (Å²) in [6.45, 7) is 1.32. The van der Waals surface area contributed by atoms with Crippen LogP contribution < -0.4 is 0 Å². The molecule has 0 saturated heterocycles. The molecule has 0 spiro atoms. The molecule has 6 heteroatoms. The first-order chi connectivity index (χ1) is 5.92. The molecule has 1 N–H and O–H groups in total. The maximum absolute atomic E-state index is 10.7. The van der Waals surface area contributed by atoms with Crippen molar-refractivity contribution < 1.29 is 23.1 Å². The Morgan fingerprint density at radius 3 is 2.38 bits per heavy atom. The van der Waals surface area contributed by atoms with Gasteiger partial charge in [-0.1, -0.05) is 0 Å². The van der Waals surface area contributed by atoms with Crippen molar-refractivity contribution in [1.82, 2.24) is 0 Å². The van der Waals surface area contributed by atoms with Crippen LogP contribution >= 0.6 is 0 Å². The van der Waals surface area contributed by atoms with Gasteiger partial charge >= 0.3 is 5.97 Å².